The molecule has 0 bridgehead atoms. The van der Waals surface area contributed by atoms with Gasteiger partial charge in [-0.25, -0.2) is 0 Å². The highest BCUT2D eigenvalue weighted by molar-refractivity contribution is 6.62. The van der Waals surface area contributed by atoms with Crippen LogP contribution in [-0.2, 0) is 24.4 Å². The smallest absolute Gasteiger partial charge is 0.399 e. The lowest BCUT2D eigenvalue weighted by atomic mass is 9.67. The minimum absolute atomic E-state index is 0.183. The summed E-state index contributed by atoms with van der Waals surface area (Å²) in [5.74, 6) is -1.26. The van der Waals surface area contributed by atoms with Gasteiger partial charge in [0, 0.05) is 12.8 Å². The molecule has 7 heteroatoms. The number of fused-ring (bicyclic) bond motifs is 1. The van der Waals surface area contributed by atoms with Gasteiger partial charge in [0.2, 0.25) is 11.8 Å². The van der Waals surface area contributed by atoms with Crippen LogP contribution in [0, 0.1) is 11.8 Å². The molecule has 0 aromatic heterocycles. The summed E-state index contributed by atoms with van der Waals surface area (Å²) >= 11 is 0. The molecule has 31 heavy (non-hydrogen) atoms. The largest absolute Gasteiger partial charge is 0.494 e. The number of imide groups is 1. The predicted molar refractivity (Wildman–Crippen MR) is 116 cm³/mol. The number of carbonyl (C=O) groups excluding carboxylic acids is 2. The number of allylic oxidation sites excluding steroid dienone is 2. The molecule has 2 amide bonds. The molecular formula is C24H28BNO5. The number of carbonyl (C=O) groups is 2. The number of amides is 2. The third-order valence-corrected chi connectivity index (χ3v) is 7.69. The highest BCUT2D eigenvalue weighted by Gasteiger charge is 2.60. The van der Waals surface area contributed by atoms with Crippen LogP contribution in [0.15, 0.2) is 48.6 Å². The number of aliphatic hydroxyl groups is 1. The minimum Gasteiger partial charge on any atom is -0.399 e. The molecule has 2 aliphatic heterocycles. The number of nitrogens with zero attached hydrogens (tertiary/aromatic N) is 1. The first-order valence-electron chi connectivity index (χ1n) is 10.9. The van der Waals surface area contributed by atoms with E-state index in [0.717, 1.165) is 11.0 Å². The first-order chi connectivity index (χ1) is 14.6. The molecule has 2 aliphatic carbocycles. The van der Waals surface area contributed by atoms with Crippen LogP contribution in [0.3, 0.4) is 0 Å². The van der Waals surface area contributed by atoms with E-state index < -0.39 is 41.8 Å². The molecule has 162 valence electrons. The number of hydrogen-bond donors (Lipinski definition) is 1. The van der Waals surface area contributed by atoms with Gasteiger partial charge < -0.3 is 14.4 Å². The maximum absolute atomic E-state index is 13.2. The van der Waals surface area contributed by atoms with Crippen LogP contribution in [0.5, 0.6) is 0 Å². The molecule has 4 aliphatic rings. The molecule has 1 aromatic carbocycles. The molecule has 3 fully saturated rings. The Hall–Kier alpha value is -2.22. The van der Waals surface area contributed by atoms with Crippen LogP contribution in [0.2, 0.25) is 0 Å². The standard InChI is InChI=1S/C24H28BNO5/c1-22(2)23(3,4)31-25(30-22)16-11-9-15(10-12-16)24(13-17(27)14-24)26-20(28)18-7-5-6-8-19(18)21(26)29/h5-12,17-19,27H,13-14H2,1-4H3. The van der Waals surface area contributed by atoms with E-state index in [9.17, 15) is 14.7 Å². The van der Waals surface area contributed by atoms with Crippen LogP contribution in [0.25, 0.3) is 0 Å². The van der Waals surface area contributed by atoms with E-state index in [4.69, 9.17) is 9.31 Å². The third kappa shape index (κ3) is 2.90. The summed E-state index contributed by atoms with van der Waals surface area (Å²) in [5, 5.41) is 10.2. The highest BCUT2D eigenvalue weighted by atomic mass is 16.7. The summed E-state index contributed by atoms with van der Waals surface area (Å²) in [6.07, 6.45) is 7.41. The summed E-state index contributed by atoms with van der Waals surface area (Å²) < 4.78 is 12.3. The Labute approximate surface area is 183 Å². The Balaban J connectivity index is 1.46. The molecule has 1 saturated carbocycles. The van der Waals surface area contributed by atoms with Gasteiger partial charge >= 0.3 is 7.12 Å². The van der Waals surface area contributed by atoms with Crippen molar-refractivity contribution in [1.29, 1.82) is 0 Å². The van der Waals surface area contributed by atoms with Crippen LogP contribution in [-0.4, -0.2) is 46.2 Å². The molecule has 2 unspecified atom stereocenters. The molecule has 6 nitrogen and oxygen atoms in total. The quantitative estimate of drug-likeness (QED) is 0.598. The van der Waals surface area contributed by atoms with Crippen LogP contribution in [0.4, 0.5) is 0 Å². The van der Waals surface area contributed by atoms with E-state index in [1.807, 2.05) is 64.1 Å². The van der Waals surface area contributed by atoms with Gasteiger partial charge in [-0.05, 0) is 38.7 Å². The summed E-state index contributed by atoms with van der Waals surface area (Å²) in [5.41, 5.74) is 0.0754. The van der Waals surface area contributed by atoms with Gasteiger partial charge in [-0.3, -0.25) is 14.5 Å². The second-order valence-corrected chi connectivity index (χ2v) is 10.1. The fourth-order valence-electron chi connectivity index (χ4n) is 5.10. The maximum Gasteiger partial charge on any atom is 0.494 e. The Bertz CT molecular complexity index is 944. The van der Waals surface area contributed by atoms with Crippen molar-refractivity contribution in [3.63, 3.8) is 0 Å². The van der Waals surface area contributed by atoms with E-state index in [0.29, 0.717) is 12.8 Å². The second kappa shape index (κ2) is 6.64. The lowest BCUT2D eigenvalue weighted by Crippen LogP contribution is -2.59. The first-order valence-corrected chi connectivity index (χ1v) is 10.9. The lowest BCUT2D eigenvalue weighted by molar-refractivity contribution is -0.158. The topological polar surface area (TPSA) is 76.1 Å². The summed E-state index contributed by atoms with van der Waals surface area (Å²) in [7, 11) is -0.477. The Kier molecular flexibility index (Phi) is 4.43. The third-order valence-electron chi connectivity index (χ3n) is 7.69. The van der Waals surface area contributed by atoms with Crippen LogP contribution >= 0.6 is 0 Å². The zero-order valence-corrected chi connectivity index (χ0v) is 18.4. The molecule has 0 radical (unpaired) electrons. The van der Waals surface area contributed by atoms with Crippen molar-refractivity contribution >= 4 is 24.4 Å². The molecule has 2 atom stereocenters. The molecular weight excluding hydrogens is 393 g/mol. The molecule has 2 heterocycles. The lowest BCUT2D eigenvalue weighted by Gasteiger charge is -2.50. The van der Waals surface area contributed by atoms with Crippen molar-refractivity contribution in [2.45, 2.75) is 63.4 Å². The SMILES string of the molecule is CC1(C)OB(c2ccc(C3(N4C(=O)C5C=CC=CC5C4=O)CC(O)C3)cc2)OC1(C)C. The Morgan fingerprint density at radius 1 is 0.903 bits per heavy atom. The van der Waals surface area contributed by atoms with E-state index in [1.54, 1.807) is 12.2 Å². The molecule has 0 spiro atoms. The number of likely N-dealkylation sites (tertiary alicyclic amines) is 1. The van der Waals surface area contributed by atoms with E-state index >= 15 is 0 Å². The number of benzene rings is 1. The number of hydrogen-bond acceptors (Lipinski definition) is 5. The summed E-state index contributed by atoms with van der Waals surface area (Å²) in [6.45, 7) is 8.05. The summed E-state index contributed by atoms with van der Waals surface area (Å²) in [6, 6.07) is 7.73. The number of rotatable bonds is 3. The van der Waals surface area contributed by atoms with Gasteiger partial charge in [0.05, 0.1) is 34.7 Å². The Morgan fingerprint density at radius 3 is 1.84 bits per heavy atom. The fourth-order valence-corrected chi connectivity index (χ4v) is 5.10. The average Bonchev–Trinajstić information content (AvgIpc) is 3.08. The van der Waals surface area contributed by atoms with Crippen molar-refractivity contribution in [3.8, 4) is 0 Å². The van der Waals surface area contributed by atoms with E-state index in [1.165, 1.54) is 4.90 Å². The van der Waals surface area contributed by atoms with Crippen LogP contribution < -0.4 is 5.46 Å². The minimum atomic E-state index is -0.804. The molecule has 5 rings (SSSR count). The average molecular weight is 421 g/mol. The molecule has 2 saturated heterocycles. The van der Waals surface area contributed by atoms with Gasteiger partial charge in [0.1, 0.15) is 0 Å². The zero-order chi connectivity index (χ0) is 22.2. The Morgan fingerprint density at radius 2 is 1.39 bits per heavy atom. The van der Waals surface area contributed by atoms with E-state index in [-0.39, 0.29) is 11.8 Å². The van der Waals surface area contributed by atoms with Gasteiger partial charge in [-0.1, -0.05) is 48.6 Å². The van der Waals surface area contributed by atoms with Gasteiger partial charge in [-0.2, -0.15) is 0 Å². The second-order valence-electron chi connectivity index (χ2n) is 10.1. The van der Waals surface area contributed by atoms with Gasteiger partial charge in [0.15, 0.2) is 0 Å². The van der Waals surface area contributed by atoms with Crippen molar-refractivity contribution < 1.29 is 24.0 Å². The monoisotopic (exact) mass is 421 g/mol. The first kappa shape index (κ1) is 20.7. The van der Waals surface area contributed by atoms with E-state index in [2.05, 4.69) is 0 Å². The normalized spacial score (nSPS) is 35.5. The van der Waals surface area contributed by atoms with Crippen molar-refractivity contribution in [3.05, 3.63) is 54.1 Å². The van der Waals surface area contributed by atoms with Crippen molar-refractivity contribution in [1.82, 2.24) is 4.90 Å². The van der Waals surface area contributed by atoms with Gasteiger partial charge in [-0.15, -0.1) is 0 Å². The number of aliphatic hydroxyl groups excluding tert-OH is 1. The van der Waals surface area contributed by atoms with Crippen LogP contribution in [0.1, 0.15) is 46.1 Å². The zero-order valence-electron chi connectivity index (χ0n) is 18.4. The molecule has 1 N–H and O–H groups in total. The predicted octanol–water partition coefficient (Wildman–Crippen LogP) is 2.06. The van der Waals surface area contributed by atoms with Crippen molar-refractivity contribution in [2.24, 2.45) is 11.8 Å². The fraction of sp³-hybridized carbons (Fsp3) is 0.500. The van der Waals surface area contributed by atoms with Crippen molar-refractivity contribution in [2.75, 3.05) is 0 Å². The maximum atomic E-state index is 13.2. The highest BCUT2D eigenvalue weighted by Crippen LogP contribution is 2.51. The summed E-state index contributed by atoms with van der Waals surface area (Å²) in [4.78, 5) is 27.8. The van der Waals surface area contributed by atoms with Gasteiger partial charge in [0.25, 0.3) is 0 Å². The molecule has 1 aromatic rings.